The molecular formula is C13H26. The van der Waals surface area contributed by atoms with Gasteiger partial charge in [0.2, 0.25) is 0 Å². The Labute approximate surface area is 84.6 Å². The van der Waals surface area contributed by atoms with E-state index in [0.29, 0.717) is 0 Å². The van der Waals surface area contributed by atoms with E-state index < -0.39 is 0 Å². The van der Waals surface area contributed by atoms with E-state index in [2.05, 4.69) is 0 Å². The summed E-state index contributed by atoms with van der Waals surface area (Å²) in [6.45, 7) is 0. The molecule has 13 heavy (non-hydrogen) atoms. The highest BCUT2D eigenvalue weighted by atomic mass is 14.3. The molecule has 0 atom stereocenters. The van der Waals surface area contributed by atoms with Gasteiger partial charge in [0.25, 0.3) is 0 Å². The van der Waals surface area contributed by atoms with Gasteiger partial charge in [-0.25, -0.2) is 0 Å². The minimum atomic E-state index is 0. The number of hydrogen-bond donors (Lipinski definition) is 0. The molecular weight excluding hydrogens is 156 g/mol. The quantitative estimate of drug-likeness (QED) is 0.576. The predicted molar refractivity (Wildman–Crippen MR) is 59.9 cm³/mol. The smallest absolute Gasteiger partial charge is 0 e. The van der Waals surface area contributed by atoms with Crippen molar-refractivity contribution in [2.45, 2.75) is 70.6 Å². The lowest BCUT2D eigenvalue weighted by Crippen LogP contribution is -2.14. The van der Waals surface area contributed by atoms with Crippen molar-refractivity contribution in [3.8, 4) is 0 Å². The highest BCUT2D eigenvalue weighted by molar-refractivity contribution is 4.73. The Morgan fingerprint density at radius 3 is 1.38 bits per heavy atom. The van der Waals surface area contributed by atoms with E-state index in [-0.39, 0.29) is 1.43 Å². The van der Waals surface area contributed by atoms with Gasteiger partial charge in [0, 0.05) is 1.43 Å². The Balaban J connectivity index is 0.000000980. The highest BCUT2D eigenvalue weighted by Crippen LogP contribution is 2.34. The van der Waals surface area contributed by atoms with Crippen LogP contribution in [-0.4, -0.2) is 0 Å². The van der Waals surface area contributed by atoms with Crippen LogP contribution in [0.15, 0.2) is 0 Å². The van der Waals surface area contributed by atoms with Gasteiger partial charge in [0.15, 0.2) is 0 Å². The van der Waals surface area contributed by atoms with E-state index in [1.807, 2.05) is 0 Å². The number of rotatable bonds is 2. The summed E-state index contributed by atoms with van der Waals surface area (Å²) in [5.74, 6) is 2.24. The Morgan fingerprint density at radius 2 is 1.00 bits per heavy atom. The molecule has 0 bridgehead atoms. The number of hydrogen-bond acceptors (Lipinski definition) is 0. The molecule has 2 aliphatic carbocycles. The molecule has 0 aromatic carbocycles. The summed E-state index contributed by atoms with van der Waals surface area (Å²) in [4.78, 5) is 0. The minimum Gasteiger partial charge on any atom is -0.0533 e. The van der Waals surface area contributed by atoms with Gasteiger partial charge >= 0.3 is 0 Å². The normalized spacial score (nSPS) is 27.7. The molecule has 0 nitrogen and oxygen atoms in total. The Morgan fingerprint density at radius 1 is 0.615 bits per heavy atom. The van der Waals surface area contributed by atoms with Crippen LogP contribution in [0.1, 0.15) is 72.1 Å². The molecule has 0 N–H and O–H groups in total. The fourth-order valence-corrected chi connectivity index (χ4v) is 3.32. The van der Waals surface area contributed by atoms with Crippen molar-refractivity contribution in [1.29, 1.82) is 0 Å². The molecule has 0 radical (unpaired) electrons. The lowest BCUT2D eigenvalue weighted by molar-refractivity contribution is 0.244. The molecule has 0 aromatic heterocycles. The van der Waals surface area contributed by atoms with E-state index in [9.17, 15) is 0 Å². The molecule has 78 valence electrons. The van der Waals surface area contributed by atoms with Crippen molar-refractivity contribution in [2.75, 3.05) is 0 Å². The first-order chi connectivity index (χ1) is 6.45. The molecule has 0 aromatic rings. The second-order valence-corrected chi connectivity index (χ2v) is 5.24. The zero-order valence-corrected chi connectivity index (χ0v) is 8.93. The van der Waals surface area contributed by atoms with Crippen molar-refractivity contribution in [3.05, 3.63) is 0 Å². The van der Waals surface area contributed by atoms with Gasteiger partial charge in [-0.15, -0.1) is 0 Å². The second-order valence-electron chi connectivity index (χ2n) is 5.24. The Kier molecular flexibility index (Phi) is 3.69. The summed E-state index contributed by atoms with van der Waals surface area (Å²) in [5, 5.41) is 0. The molecule has 2 aliphatic rings. The molecule has 2 fully saturated rings. The van der Waals surface area contributed by atoms with Crippen molar-refractivity contribution >= 4 is 0 Å². The van der Waals surface area contributed by atoms with Gasteiger partial charge < -0.3 is 0 Å². The van der Waals surface area contributed by atoms with Crippen LogP contribution in [0.4, 0.5) is 0 Å². The second kappa shape index (κ2) is 5.02. The van der Waals surface area contributed by atoms with E-state index in [0.717, 1.165) is 11.8 Å². The van der Waals surface area contributed by atoms with Gasteiger partial charge in [-0.2, -0.15) is 0 Å². The van der Waals surface area contributed by atoms with Crippen LogP contribution >= 0.6 is 0 Å². The van der Waals surface area contributed by atoms with Crippen LogP contribution in [0.25, 0.3) is 0 Å². The predicted octanol–water partition coefficient (Wildman–Crippen LogP) is 4.78. The summed E-state index contributed by atoms with van der Waals surface area (Å²) in [5.41, 5.74) is 0. The minimum absolute atomic E-state index is 0. The average molecular weight is 182 g/mol. The lowest BCUT2D eigenvalue weighted by Gasteiger charge is -2.28. The fourth-order valence-electron chi connectivity index (χ4n) is 3.32. The van der Waals surface area contributed by atoms with Gasteiger partial charge in [0.05, 0.1) is 0 Å². The summed E-state index contributed by atoms with van der Waals surface area (Å²) < 4.78 is 0. The maximum atomic E-state index is 1.58. The topological polar surface area (TPSA) is 0 Å². The maximum Gasteiger partial charge on any atom is 0 e. The van der Waals surface area contributed by atoms with Crippen LogP contribution in [-0.2, 0) is 0 Å². The molecule has 0 aliphatic heterocycles. The summed E-state index contributed by atoms with van der Waals surface area (Å²) in [7, 11) is 0. The summed E-state index contributed by atoms with van der Waals surface area (Å²) in [6, 6.07) is 0. The first kappa shape index (κ1) is 9.55. The average Bonchev–Trinajstić information content (AvgIpc) is 2.21. The third kappa shape index (κ3) is 3.00. The molecule has 0 unspecified atom stereocenters. The first-order valence-electron chi connectivity index (χ1n) is 6.45. The molecule has 0 heterocycles. The molecule has 2 saturated carbocycles. The van der Waals surface area contributed by atoms with E-state index in [4.69, 9.17) is 0 Å². The van der Waals surface area contributed by atoms with Crippen LogP contribution in [0.3, 0.4) is 0 Å². The third-order valence-corrected chi connectivity index (χ3v) is 4.12. The molecule has 0 amide bonds. The van der Waals surface area contributed by atoms with Crippen LogP contribution < -0.4 is 0 Å². The van der Waals surface area contributed by atoms with Crippen molar-refractivity contribution in [1.82, 2.24) is 0 Å². The largest absolute Gasteiger partial charge is 0.0533 e. The van der Waals surface area contributed by atoms with Crippen LogP contribution in [0.2, 0.25) is 0 Å². The van der Waals surface area contributed by atoms with Gasteiger partial charge in [-0.05, 0) is 18.3 Å². The lowest BCUT2D eigenvalue weighted by atomic mass is 9.78. The Hall–Kier alpha value is 0. The van der Waals surface area contributed by atoms with Crippen molar-refractivity contribution in [3.63, 3.8) is 0 Å². The standard InChI is InChI=1S/C13H24.H2/c1-3-7-12(8-4-1)11-13-9-5-2-6-10-13;/h12-13H,1-11H2;1H. The fraction of sp³-hybridized carbons (Fsp3) is 1.00. The van der Waals surface area contributed by atoms with Gasteiger partial charge in [-0.1, -0.05) is 64.2 Å². The van der Waals surface area contributed by atoms with Gasteiger partial charge in [-0.3, -0.25) is 0 Å². The van der Waals surface area contributed by atoms with Crippen LogP contribution in [0, 0.1) is 11.8 Å². The van der Waals surface area contributed by atoms with E-state index >= 15 is 0 Å². The van der Waals surface area contributed by atoms with Gasteiger partial charge in [0.1, 0.15) is 0 Å². The van der Waals surface area contributed by atoms with E-state index in [1.54, 1.807) is 32.1 Å². The monoisotopic (exact) mass is 182 g/mol. The highest BCUT2D eigenvalue weighted by Gasteiger charge is 2.20. The summed E-state index contributed by atoms with van der Waals surface area (Å²) in [6.07, 6.45) is 16.9. The van der Waals surface area contributed by atoms with E-state index in [1.165, 1.54) is 38.5 Å². The van der Waals surface area contributed by atoms with Crippen LogP contribution in [0.5, 0.6) is 0 Å². The molecule has 0 spiro atoms. The molecule has 0 saturated heterocycles. The van der Waals surface area contributed by atoms with Crippen molar-refractivity contribution < 1.29 is 1.43 Å². The maximum absolute atomic E-state index is 1.58. The first-order valence-corrected chi connectivity index (χ1v) is 6.45. The van der Waals surface area contributed by atoms with Crippen molar-refractivity contribution in [2.24, 2.45) is 11.8 Å². The SMILES string of the molecule is C1CCC(CC2CCCCC2)CC1.[HH]. The zero-order chi connectivity index (χ0) is 8.93. The Bertz CT molecular complexity index is 116. The molecule has 2 rings (SSSR count). The zero-order valence-electron chi connectivity index (χ0n) is 8.93. The molecule has 0 heteroatoms. The summed E-state index contributed by atoms with van der Waals surface area (Å²) >= 11 is 0. The third-order valence-electron chi connectivity index (χ3n) is 4.12.